The van der Waals surface area contributed by atoms with E-state index in [9.17, 15) is 4.79 Å². The van der Waals surface area contributed by atoms with E-state index >= 15 is 0 Å². The van der Waals surface area contributed by atoms with Gasteiger partial charge >= 0.3 is 0 Å². The third-order valence-electron chi connectivity index (χ3n) is 3.72. The van der Waals surface area contributed by atoms with E-state index in [2.05, 4.69) is 25.6 Å². The average molecular weight is 361 g/mol. The van der Waals surface area contributed by atoms with Crippen LogP contribution >= 0.6 is 11.3 Å². The monoisotopic (exact) mass is 361 g/mol. The topological polar surface area (TPSA) is 79.8 Å². The third kappa shape index (κ3) is 3.52. The predicted molar refractivity (Wildman–Crippen MR) is 103 cm³/mol. The van der Waals surface area contributed by atoms with E-state index < -0.39 is 0 Å². The van der Waals surface area contributed by atoms with E-state index in [1.165, 1.54) is 11.3 Å². The standard InChI is InChI=1S/C19H15N5OS/c25-18(22-14-6-2-1-3-7-14)16-17-15(8-10-26-17)23-19(24-16)21-12-13-5-4-9-20-11-13/h1-11H,12H2,(H,22,25)(H,21,23,24). The second kappa shape index (κ2) is 7.28. The summed E-state index contributed by atoms with van der Waals surface area (Å²) in [6.45, 7) is 0.531. The number of amides is 1. The Labute approximate surface area is 154 Å². The van der Waals surface area contributed by atoms with Crippen LogP contribution in [0.4, 0.5) is 11.6 Å². The summed E-state index contributed by atoms with van der Waals surface area (Å²) in [4.78, 5) is 25.7. The van der Waals surface area contributed by atoms with Crippen LogP contribution in [0.5, 0.6) is 0 Å². The number of carbonyl (C=O) groups excluding carboxylic acids is 1. The highest BCUT2D eigenvalue weighted by Gasteiger charge is 2.16. The maximum absolute atomic E-state index is 12.7. The fraction of sp³-hybridized carbons (Fsp3) is 0.0526. The molecule has 0 atom stereocenters. The van der Waals surface area contributed by atoms with Gasteiger partial charge < -0.3 is 10.6 Å². The minimum atomic E-state index is -0.254. The number of rotatable bonds is 5. The molecule has 0 fully saturated rings. The van der Waals surface area contributed by atoms with Gasteiger partial charge in [-0.15, -0.1) is 11.3 Å². The van der Waals surface area contributed by atoms with Crippen molar-refractivity contribution in [2.75, 3.05) is 10.6 Å². The minimum Gasteiger partial charge on any atom is -0.350 e. The van der Waals surface area contributed by atoms with Gasteiger partial charge in [0.15, 0.2) is 5.69 Å². The number of para-hydroxylation sites is 1. The molecule has 0 spiro atoms. The Bertz CT molecular complexity index is 1030. The number of pyridine rings is 1. The minimum absolute atomic E-state index is 0.254. The summed E-state index contributed by atoms with van der Waals surface area (Å²) in [5.41, 5.74) is 2.85. The van der Waals surface area contributed by atoms with E-state index in [4.69, 9.17) is 0 Å². The zero-order valence-corrected chi connectivity index (χ0v) is 14.5. The normalized spacial score (nSPS) is 10.6. The summed E-state index contributed by atoms with van der Waals surface area (Å²) in [7, 11) is 0. The molecule has 26 heavy (non-hydrogen) atoms. The summed E-state index contributed by atoms with van der Waals surface area (Å²) in [5.74, 6) is 0.161. The van der Waals surface area contributed by atoms with Crippen molar-refractivity contribution in [1.29, 1.82) is 0 Å². The Hall–Kier alpha value is -3.32. The molecule has 7 heteroatoms. The molecule has 3 heterocycles. The number of hydrogen-bond acceptors (Lipinski definition) is 6. The van der Waals surface area contributed by atoms with Gasteiger partial charge in [-0.25, -0.2) is 9.97 Å². The third-order valence-corrected chi connectivity index (χ3v) is 4.63. The van der Waals surface area contributed by atoms with Gasteiger partial charge in [0.1, 0.15) is 0 Å². The fourth-order valence-corrected chi connectivity index (χ4v) is 3.31. The molecule has 1 aromatic carbocycles. The van der Waals surface area contributed by atoms with Crippen LogP contribution in [-0.2, 0) is 6.54 Å². The van der Waals surface area contributed by atoms with Crippen LogP contribution in [0.2, 0.25) is 0 Å². The van der Waals surface area contributed by atoms with Crippen LogP contribution in [0.1, 0.15) is 16.1 Å². The van der Waals surface area contributed by atoms with E-state index in [0.29, 0.717) is 18.2 Å². The molecule has 0 saturated carbocycles. The fourth-order valence-electron chi connectivity index (χ4n) is 2.49. The number of aromatic nitrogens is 3. The summed E-state index contributed by atoms with van der Waals surface area (Å²) < 4.78 is 0.769. The van der Waals surface area contributed by atoms with E-state index in [-0.39, 0.29) is 5.91 Å². The first-order valence-corrected chi connectivity index (χ1v) is 8.92. The molecule has 4 aromatic rings. The van der Waals surface area contributed by atoms with Crippen LogP contribution < -0.4 is 10.6 Å². The number of thiophene rings is 1. The Morgan fingerprint density at radius 1 is 1.04 bits per heavy atom. The zero-order valence-electron chi connectivity index (χ0n) is 13.7. The van der Waals surface area contributed by atoms with Gasteiger partial charge in [0.2, 0.25) is 5.95 Å². The number of fused-ring (bicyclic) bond motifs is 1. The van der Waals surface area contributed by atoms with Gasteiger partial charge in [0, 0.05) is 24.6 Å². The molecule has 4 rings (SSSR count). The van der Waals surface area contributed by atoms with Crippen molar-refractivity contribution in [1.82, 2.24) is 15.0 Å². The Kier molecular flexibility index (Phi) is 4.53. The molecular weight excluding hydrogens is 346 g/mol. The van der Waals surface area contributed by atoms with E-state index in [1.54, 1.807) is 12.4 Å². The van der Waals surface area contributed by atoms with E-state index in [0.717, 1.165) is 21.5 Å². The van der Waals surface area contributed by atoms with Crippen molar-refractivity contribution >= 4 is 39.1 Å². The number of benzene rings is 1. The highest BCUT2D eigenvalue weighted by atomic mass is 32.1. The lowest BCUT2D eigenvalue weighted by atomic mass is 10.3. The molecule has 2 N–H and O–H groups in total. The number of carbonyl (C=O) groups is 1. The van der Waals surface area contributed by atoms with Gasteiger partial charge in [0.25, 0.3) is 5.91 Å². The molecule has 0 aliphatic carbocycles. The van der Waals surface area contributed by atoms with Crippen molar-refractivity contribution in [3.05, 3.63) is 77.6 Å². The predicted octanol–water partition coefficient (Wildman–Crippen LogP) is 3.95. The highest BCUT2D eigenvalue weighted by Crippen LogP contribution is 2.24. The number of nitrogens with one attached hydrogen (secondary N) is 2. The van der Waals surface area contributed by atoms with Gasteiger partial charge in [-0.2, -0.15) is 0 Å². The van der Waals surface area contributed by atoms with E-state index in [1.807, 2.05) is 53.9 Å². The SMILES string of the molecule is O=C(Nc1ccccc1)c1nc(NCc2cccnc2)nc2ccsc12. The number of nitrogens with zero attached hydrogens (tertiary/aromatic N) is 3. The van der Waals surface area contributed by atoms with Gasteiger partial charge in [-0.1, -0.05) is 24.3 Å². The van der Waals surface area contributed by atoms with Crippen molar-refractivity contribution in [2.45, 2.75) is 6.54 Å². The van der Waals surface area contributed by atoms with Crippen LogP contribution in [0.15, 0.2) is 66.3 Å². The maximum atomic E-state index is 12.7. The summed E-state index contributed by atoms with van der Waals surface area (Å²) >= 11 is 1.45. The van der Waals surface area contributed by atoms with Gasteiger partial charge in [0.05, 0.1) is 10.2 Å². The molecule has 0 aliphatic heterocycles. The molecular formula is C19H15N5OS. The summed E-state index contributed by atoms with van der Waals surface area (Å²) in [6.07, 6.45) is 3.50. The Morgan fingerprint density at radius 2 is 1.92 bits per heavy atom. The molecule has 0 radical (unpaired) electrons. The quantitative estimate of drug-likeness (QED) is 0.563. The second-order valence-corrected chi connectivity index (χ2v) is 6.48. The molecule has 0 saturated heterocycles. The van der Waals surface area contributed by atoms with Crippen LogP contribution in [0.25, 0.3) is 10.2 Å². The Morgan fingerprint density at radius 3 is 2.73 bits per heavy atom. The van der Waals surface area contributed by atoms with Crippen molar-refractivity contribution < 1.29 is 4.79 Å². The Balaban J connectivity index is 1.61. The number of hydrogen-bond donors (Lipinski definition) is 2. The highest BCUT2D eigenvalue weighted by molar-refractivity contribution is 7.17. The van der Waals surface area contributed by atoms with Crippen molar-refractivity contribution in [2.24, 2.45) is 0 Å². The second-order valence-electron chi connectivity index (χ2n) is 5.57. The van der Waals surface area contributed by atoms with Crippen molar-refractivity contribution in [3.63, 3.8) is 0 Å². The first-order valence-electron chi connectivity index (χ1n) is 8.04. The molecule has 0 unspecified atom stereocenters. The molecule has 128 valence electrons. The lowest BCUT2D eigenvalue weighted by Crippen LogP contribution is -2.15. The van der Waals surface area contributed by atoms with Crippen LogP contribution in [0, 0.1) is 0 Å². The van der Waals surface area contributed by atoms with Gasteiger partial charge in [-0.05, 0) is 35.2 Å². The average Bonchev–Trinajstić information content (AvgIpc) is 3.16. The number of anilines is 2. The largest absolute Gasteiger partial charge is 0.350 e. The zero-order chi connectivity index (χ0) is 17.8. The van der Waals surface area contributed by atoms with Gasteiger partial charge in [-0.3, -0.25) is 9.78 Å². The van der Waals surface area contributed by atoms with Crippen molar-refractivity contribution in [3.8, 4) is 0 Å². The summed E-state index contributed by atoms with van der Waals surface area (Å²) in [5, 5.41) is 7.95. The first-order chi connectivity index (χ1) is 12.8. The van der Waals surface area contributed by atoms with Crippen LogP contribution in [0.3, 0.4) is 0 Å². The first kappa shape index (κ1) is 16.2. The summed E-state index contributed by atoms with van der Waals surface area (Å²) in [6, 6.07) is 15.0. The molecule has 1 amide bonds. The van der Waals surface area contributed by atoms with Crippen LogP contribution in [-0.4, -0.2) is 20.9 Å². The molecule has 0 bridgehead atoms. The maximum Gasteiger partial charge on any atom is 0.275 e. The smallest absolute Gasteiger partial charge is 0.275 e. The molecule has 0 aliphatic rings. The lowest BCUT2D eigenvalue weighted by molar-refractivity contribution is 0.102. The molecule has 6 nitrogen and oxygen atoms in total. The lowest BCUT2D eigenvalue weighted by Gasteiger charge is -2.09. The molecule has 3 aromatic heterocycles.